The van der Waals surface area contributed by atoms with E-state index in [1.54, 1.807) is 0 Å². The van der Waals surface area contributed by atoms with Gasteiger partial charge in [0.15, 0.2) is 5.76 Å². The van der Waals surface area contributed by atoms with E-state index in [4.69, 9.17) is 9.47 Å². The molecule has 0 bridgehead atoms. The van der Waals surface area contributed by atoms with E-state index in [1.807, 2.05) is 50.3 Å². The second-order valence-electron chi connectivity index (χ2n) is 4.96. The lowest BCUT2D eigenvalue weighted by molar-refractivity contribution is -0.122. The van der Waals surface area contributed by atoms with E-state index in [0.717, 1.165) is 18.6 Å². The minimum Gasteiger partial charge on any atom is -0.489 e. The zero-order valence-corrected chi connectivity index (χ0v) is 12.0. The smallest absolute Gasteiger partial charge is 0.286 e. The van der Waals surface area contributed by atoms with Gasteiger partial charge in [0.05, 0.1) is 12.6 Å². The summed E-state index contributed by atoms with van der Waals surface area (Å²) >= 11 is 0. The van der Waals surface area contributed by atoms with Crippen molar-refractivity contribution in [3.8, 4) is 5.75 Å². The topological polar surface area (TPSA) is 47.6 Å². The van der Waals surface area contributed by atoms with E-state index in [-0.39, 0.29) is 18.1 Å². The first-order valence-corrected chi connectivity index (χ1v) is 7.02. The third kappa shape index (κ3) is 4.02. The minimum absolute atomic E-state index is 0.103. The Labute approximate surface area is 119 Å². The number of hydrogen-bond acceptors (Lipinski definition) is 3. The van der Waals surface area contributed by atoms with Gasteiger partial charge in [-0.25, -0.2) is 0 Å². The summed E-state index contributed by atoms with van der Waals surface area (Å²) in [6.07, 6.45) is 3.59. The zero-order valence-electron chi connectivity index (χ0n) is 12.0. The molecule has 1 aliphatic heterocycles. The Bertz CT molecular complexity index is 470. The third-order valence-corrected chi connectivity index (χ3v) is 3.29. The maximum atomic E-state index is 12.0. The number of allylic oxidation sites excluding steroid dienone is 1. The van der Waals surface area contributed by atoms with Crippen LogP contribution >= 0.6 is 0 Å². The number of ether oxygens (including phenoxy) is 2. The molecule has 1 amide bonds. The SMILES string of the molecule is C[C@H](NC(=O)C1=CCCCO1)[C@@H](C)Oc1ccccc1. The van der Waals surface area contributed by atoms with E-state index in [2.05, 4.69) is 5.32 Å². The second-order valence-corrected chi connectivity index (χ2v) is 4.96. The third-order valence-electron chi connectivity index (χ3n) is 3.29. The summed E-state index contributed by atoms with van der Waals surface area (Å²) < 4.78 is 11.1. The van der Waals surface area contributed by atoms with Crippen LogP contribution in [-0.4, -0.2) is 24.7 Å². The normalized spacial score (nSPS) is 17.4. The van der Waals surface area contributed by atoms with Crippen molar-refractivity contribution in [1.82, 2.24) is 5.32 Å². The number of benzene rings is 1. The van der Waals surface area contributed by atoms with Crippen molar-refractivity contribution in [2.45, 2.75) is 38.8 Å². The average Bonchev–Trinajstić information content (AvgIpc) is 2.49. The molecule has 0 saturated carbocycles. The molecule has 20 heavy (non-hydrogen) atoms. The molecule has 1 aliphatic rings. The summed E-state index contributed by atoms with van der Waals surface area (Å²) in [6.45, 7) is 4.48. The molecule has 0 aliphatic carbocycles. The van der Waals surface area contributed by atoms with Crippen LogP contribution in [0.15, 0.2) is 42.2 Å². The Kier molecular flexibility index (Phi) is 5.04. The van der Waals surface area contributed by atoms with Gasteiger partial charge in [-0.15, -0.1) is 0 Å². The Hall–Kier alpha value is -1.97. The average molecular weight is 275 g/mol. The molecule has 0 saturated heterocycles. The Balaban J connectivity index is 1.86. The van der Waals surface area contributed by atoms with Gasteiger partial charge in [-0.3, -0.25) is 4.79 Å². The van der Waals surface area contributed by atoms with Gasteiger partial charge in [0.2, 0.25) is 0 Å². The molecule has 4 heteroatoms. The lowest BCUT2D eigenvalue weighted by Crippen LogP contribution is -2.43. The van der Waals surface area contributed by atoms with Crippen LogP contribution in [0.1, 0.15) is 26.7 Å². The van der Waals surface area contributed by atoms with E-state index in [1.165, 1.54) is 0 Å². The predicted molar refractivity (Wildman–Crippen MR) is 77.4 cm³/mol. The molecule has 1 heterocycles. The van der Waals surface area contributed by atoms with Crippen LogP contribution in [0.5, 0.6) is 5.75 Å². The number of rotatable bonds is 5. The molecular formula is C16H21NO3. The van der Waals surface area contributed by atoms with Gasteiger partial charge in [-0.05, 0) is 44.9 Å². The number of hydrogen-bond donors (Lipinski definition) is 1. The van der Waals surface area contributed by atoms with Gasteiger partial charge in [-0.1, -0.05) is 18.2 Å². The van der Waals surface area contributed by atoms with Crippen molar-refractivity contribution in [3.63, 3.8) is 0 Å². The molecular weight excluding hydrogens is 254 g/mol. The molecule has 1 N–H and O–H groups in total. The summed E-state index contributed by atoms with van der Waals surface area (Å²) in [5.41, 5.74) is 0. The molecule has 0 aromatic heterocycles. The fourth-order valence-electron chi connectivity index (χ4n) is 1.93. The molecule has 1 aromatic rings. The van der Waals surface area contributed by atoms with Gasteiger partial charge >= 0.3 is 0 Å². The molecule has 2 rings (SSSR count). The van der Waals surface area contributed by atoms with Crippen LogP contribution in [0.2, 0.25) is 0 Å². The predicted octanol–water partition coefficient (Wildman–Crippen LogP) is 2.65. The van der Waals surface area contributed by atoms with Crippen molar-refractivity contribution in [1.29, 1.82) is 0 Å². The molecule has 108 valence electrons. The van der Waals surface area contributed by atoms with Gasteiger partial charge in [-0.2, -0.15) is 0 Å². The number of carbonyl (C=O) groups excluding carboxylic acids is 1. The quantitative estimate of drug-likeness (QED) is 0.898. The van der Waals surface area contributed by atoms with Crippen molar-refractivity contribution in [2.75, 3.05) is 6.61 Å². The summed E-state index contributed by atoms with van der Waals surface area (Å²) in [6, 6.07) is 9.48. The second kappa shape index (κ2) is 6.98. The number of amides is 1. The first-order valence-electron chi connectivity index (χ1n) is 7.02. The molecule has 0 fully saturated rings. The van der Waals surface area contributed by atoms with E-state index in [0.29, 0.717) is 12.4 Å². The maximum absolute atomic E-state index is 12.0. The first kappa shape index (κ1) is 14.4. The monoisotopic (exact) mass is 275 g/mol. The standard InChI is InChI=1S/C16H21NO3/c1-12(13(2)20-14-8-4-3-5-9-14)17-16(18)15-10-6-7-11-19-15/h3-5,8-10,12-13H,6-7,11H2,1-2H3,(H,17,18)/t12-,13+/m0/s1. The first-order chi connectivity index (χ1) is 9.66. The van der Waals surface area contributed by atoms with Gasteiger partial charge in [0, 0.05) is 0 Å². The van der Waals surface area contributed by atoms with Crippen LogP contribution in [-0.2, 0) is 9.53 Å². The fraction of sp³-hybridized carbons (Fsp3) is 0.438. The lowest BCUT2D eigenvalue weighted by Gasteiger charge is -2.23. The van der Waals surface area contributed by atoms with E-state index >= 15 is 0 Å². The highest BCUT2D eigenvalue weighted by Gasteiger charge is 2.20. The molecule has 0 spiro atoms. The lowest BCUT2D eigenvalue weighted by atomic mass is 10.2. The molecule has 1 aromatic carbocycles. The van der Waals surface area contributed by atoms with Crippen LogP contribution in [0, 0.1) is 0 Å². The van der Waals surface area contributed by atoms with Crippen LogP contribution in [0.4, 0.5) is 0 Å². The zero-order chi connectivity index (χ0) is 14.4. The number of carbonyl (C=O) groups is 1. The van der Waals surface area contributed by atoms with Crippen molar-refractivity contribution >= 4 is 5.91 Å². The number of para-hydroxylation sites is 1. The maximum Gasteiger partial charge on any atom is 0.286 e. The Morgan fingerprint density at radius 2 is 2.05 bits per heavy atom. The van der Waals surface area contributed by atoms with Crippen molar-refractivity contribution in [3.05, 3.63) is 42.2 Å². The highest BCUT2D eigenvalue weighted by molar-refractivity contribution is 5.91. The minimum atomic E-state index is -0.166. The molecule has 4 nitrogen and oxygen atoms in total. The molecule has 0 radical (unpaired) electrons. The molecule has 0 unspecified atom stereocenters. The van der Waals surface area contributed by atoms with Gasteiger partial charge in [0.1, 0.15) is 11.9 Å². The Morgan fingerprint density at radius 3 is 2.70 bits per heavy atom. The summed E-state index contributed by atoms with van der Waals surface area (Å²) in [5.74, 6) is 1.06. The van der Waals surface area contributed by atoms with Crippen LogP contribution in [0.3, 0.4) is 0 Å². The largest absolute Gasteiger partial charge is 0.489 e. The summed E-state index contributed by atoms with van der Waals surface area (Å²) in [5, 5.41) is 2.91. The highest BCUT2D eigenvalue weighted by Crippen LogP contribution is 2.14. The Morgan fingerprint density at radius 1 is 1.30 bits per heavy atom. The summed E-state index contributed by atoms with van der Waals surface area (Å²) in [4.78, 5) is 12.0. The van der Waals surface area contributed by atoms with Crippen LogP contribution in [0.25, 0.3) is 0 Å². The molecule has 2 atom stereocenters. The van der Waals surface area contributed by atoms with Crippen molar-refractivity contribution < 1.29 is 14.3 Å². The van der Waals surface area contributed by atoms with E-state index in [9.17, 15) is 4.79 Å². The van der Waals surface area contributed by atoms with E-state index < -0.39 is 0 Å². The highest BCUT2D eigenvalue weighted by atomic mass is 16.5. The van der Waals surface area contributed by atoms with Gasteiger partial charge in [0.25, 0.3) is 5.91 Å². The van der Waals surface area contributed by atoms with Crippen molar-refractivity contribution in [2.24, 2.45) is 0 Å². The summed E-state index contributed by atoms with van der Waals surface area (Å²) in [7, 11) is 0. The van der Waals surface area contributed by atoms with Crippen LogP contribution < -0.4 is 10.1 Å². The van der Waals surface area contributed by atoms with Gasteiger partial charge < -0.3 is 14.8 Å². The fourth-order valence-corrected chi connectivity index (χ4v) is 1.93. The number of nitrogens with one attached hydrogen (secondary N) is 1.